The van der Waals surface area contributed by atoms with Gasteiger partial charge < -0.3 is 4.90 Å². The summed E-state index contributed by atoms with van der Waals surface area (Å²) in [4.78, 5) is 33.1. The summed E-state index contributed by atoms with van der Waals surface area (Å²) >= 11 is 9.49. The third-order valence-corrected chi connectivity index (χ3v) is 6.47. The molecule has 1 atom stereocenters. The van der Waals surface area contributed by atoms with Gasteiger partial charge >= 0.3 is 0 Å². The van der Waals surface area contributed by atoms with Crippen molar-refractivity contribution in [1.29, 1.82) is 0 Å². The Morgan fingerprint density at radius 3 is 2.43 bits per heavy atom. The lowest BCUT2D eigenvalue weighted by molar-refractivity contribution is -0.140. The van der Waals surface area contributed by atoms with Gasteiger partial charge in [-0.05, 0) is 56.7 Å². The first-order valence-corrected chi connectivity index (χ1v) is 11.1. The van der Waals surface area contributed by atoms with Crippen LogP contribution in [0.3, 0.4) is 0 Å². The van der Waals surface area contributed by atoms with E-state index in [0.717, 1.165) is 4.47 Å². The van der Waals surface area contributed by atoms with Crippen LogP contribution >= 0.6 is 27.5 Å². The number of carbonyl (C=O) groups is 1. The molecule has 0 saturated carbocycles. The Labute approximate surface area is 189 Å². The number of rotatable bonds is 6. The van der Waals surface area contributed by atoms with Crippen molar-refractivity contribution in [3.8, 4) is 5.69 Å². The van der Waals surface area contributed by atoms with Crippen LogP contribution in [0.5, 0.6) is 0 Å². The van der Waals surface area contributed by atoms with Gasteiger partial charge in [0, 0.05) is 17.4 Å². The van der Waals surface area contributed by atoms with E-state index < -0.39 is 5.41 Å². The van der Waals surface area contributed by atoms with Crippen LogP contribution in [0.1, 0.15) is 39.1 Å². The quantitative estimate of drug-likeness (QED) is 0.439. The second-order valence-corrected chi connectivity index (χ2v) is 9.14. The molecule has 1 aromatic heterocycles. The van der Waals surface area contributed by atoms with E-state index in [0.29, 0.717) is 28.8 Å². The largest absolute Gasteiger partial charge is 0.335 e. The smallest absolute Gasteiger partial charge is 0.266 e. The Bertz CT molecular complexity index is 1130. The molecule has 30 heavy (non-hydrogen) atoms. The van der Waals surface area contributed by atoms with Crippen LogP contribution < -0.4 is 5.56 Å². The van der Waals surface area contributed by atoms with Gasteiger partial charge in [0.2, 0.25) is 5.91 Å². The van der Waals surface area contributed by atoms with Crippen molar-refractivity contribution in [2.45, 2.75) is 33.2 Å². The SMILES string of the molecule is CCC(c1nc2ccccc2c(=O)n1-c1ccc(Br)cc1)N(C)C(=O)C(C)(C)CCl. The van der Waals surface area contributed by atoms with E-state index in [9.17, 15) is 9.59 Å². The van der Waals surface area contributed by atoms with E-state index >= 15 is 0 Å². The molecule has 158 valence electrons. The van der Waals surface area contributed by atoms with Crippen molar-refractivity contribution < 1.29 is 4.79 Å². The maximum absolute atomic E-state index is 13.5. The molecular weight excluding hydrogens is 466 g/mol. The molecule has 1 unspecified atom stereocenters. The van der Waals surface area contributed by atoms with Crippen molar-refractivity contribution in [2.75, 3.05) is 12.9 Å². The van der Waals surface area contributed by atoms with Crippen molar-refractivity contribution >= 4 is 44.3 Å². The fourth-order valence-corrected chi connectivity index (χ4v) is 3.90. The summed E-state index contributed by atoms with van der Waals surface area (Å²) in [5, 5.41) is 0.536. The molecule has 3 rings (SSSR count). The summed E-state index contributed by atoms with van der Waals surface area (Å²) in [5.41, 5.74) is 0.437. The van der Waals surface area contributed by atoms with Gasteiger partial charge in [0.15, 0.2) is 0 Å². The highest BCUT2D eigenvalue weighted by Gasteiger charge is 2.34. The molecule has 0 bridgehead atoms. The van der Waals surface area contributed by atoms with Gasteiger partial charge in [0.1, 0.15) is 5.82 Å². The highest BCUT2D eigenvalue weighted by molar-refractivity contribution is 9.10. The summed E-state index contributed by atoms with van der Waals surface area (Å²) in [5.74, 6) is 0.649. The molecule has 3 aromatic rings. The Morgan fingerprint density at radius 2 is 1.83 bits per heavy atom. The number of amides is 1. The molecular formula is C23H25BrClN3O2. The fourth-order valence-electron chi connectivity index (χ4n) is 3.52. The number of aromatic nitrogens is 2. The Balaban J connectivity index is 2.27. The fraction of sp³-hybridized carbons (Fsp3) is 0.348. The van der Waals surface area contributed by atoms with Gasteiger partial charge in [-0.2, -0.15) is 0 Å². The van der Waals surface area contributed by atoms with Crippen molar-refractivity contribution in [3.63, 3.8) is 0 Å². The third kappa shape index (κ3) is 4.16. The summed E-state index contributed by atoms with van der Waals surface area (Å²) < 4.78 is 2.53. The Hall–Kier alpha value is -2.18. The monoisotopic (exact) mass is 489 g/mol. The summed E-state index contributed by atoms with van der Waals surface area (Å²) in [7, 11) is 1.75. The first kappa shape index (κ1) is 22.5. The minimum atomic E-state index is -0.719. The van der Waals surface area contributed by atoms with Crippen molar-refractivity contribution in [1.82, 2.24) is 14.5 Å². The highest BCUT2D eigenvalue weighted by atomic mass is 79.9. The number of carbonyl (C=O) groups excluding carboxylic acids is 1. The molecule has 0 saturated heterocycles. The number of fused-ring (bicyclic) bond motifs is 1. The number of hydrogen-bond donors (Lipinski definition) is 0. The summed E-state index contributed by atoms with van der Waals surface area (Å²) in [6.07, 6.45) is 0.599. The van der Waals surface area contributed by atoms with Crippen LogP contribution in [-0.2, 0) is 4.79 Å². The molecule has 7 heteroatoms. The molecule has 2 aromatic carbocycles. The zero-order chi connectivity index (χ0) is 22.1. The molecule has 0 spiro atoms. The second kappa shape index (κ2) is 8.90. The number of halogens is 2. The van der Waals surface area contributed by atoms with Gasteiger partial charge in [-0.15, -0.1) is 11.6 Å². The predicted molar refractivity (Wildman–Crippen MR) is 125 cm³/mol. The van der Waals surface area contributed by atoms with E-state index in [1.165, 1.54) is 0 Å². The van der Waals surface area contributed by atoms with E-state index in [2.05, 4.69) is 15.9 Å². The number of hydrogen-bond acceptors (Lipinski definition) is 3. The first-order valence-electron chi connectivity index (χ1n) is 9.82. The van der Waals surface area contributed by atoms with Crippen molar-refractivity contribution in [2.24, 2.45) is 5.41 Å². The van der Waals surface area contributed by atoms with Crippen LogP contribution in [0, 0.1) is 5.41 Å². The lowest BCUT2D eigenvalue weighted by Crippen LogP contribution is -2.43. The minimum absolute atomic E-state index is 0.0888. The molecule has 0 aliphatic heterocycles. The maximum Gasteiger partial charge on any atom is 0.266 e. The van der Waals surface area contributed by atoms with Gasteiger partial charge in [-0.3, -0.25) is 14.2 Å². The molecule has 0 radical (unpaired) electrons. The number of alkyl halides is 1. The van der Waals surface area contributed by atoms with E-state index in [4.69, 9.17) is 16.6 Å². The first-order chi connectivity index (χ1) is 14.2. The van der Waals surface area contributed by atoms with E-state index in [1.807, 2.05) is 63.2 Å². The number of para-hydroxylation sites is 1. The zero-order valence-corrected chi connectivity index (χ0v) is 19.9. The third-order valence-electron chi connectivity index (χ3n) is 5.27. The van der Waals surface area contributed by atoms with Crippen LogP contribution in [0.4, 0.5) is 0 Å². The lowest BCUT2D eigenvalue weighted by Gasteiger charge is -2.34. The second-order valence-electron chi connectivity index (χ2n) is 7.96. The molecule has 0 aliphatic rings. The van der Waals surface area contributed by atoms with Gasteiger partial charge in [0.05, 0.1) is 28.0 Å². The summed E-state index contributed by atoms with van der Waals surface area (Å²) in [6.45, 7) is 5.62. The number of nitrogens with zero attached hydrogens (tertiary/aromatic N) is 3. The lowest BCUT2D eigenvalue weighted by atomic mass is 9.93. The molecule has 0 N–H and O–H groups in total. The van der Waals surface area contributed by atoms with Gasteiger partial charge in [-0.1, -0.05) is 35.0 Å². The number of benzene rings is 2. The normalized spacial score (nSPS) is 12.7. The van der Waals surface area contributed by atoms with Crippen molar-refractivity contribution in [3.05, 3.63) is 69.2 Å². The van der Waals surface area contributed by atoms with Crippen LogP contribution in [0.15, 0.2) is 57.8 Å². The standard InChI is InChI=1S/C23H25BrClN3O2/c1-5-19(27(4)22(30)23(2,3)14-25)20-26-18-9-7-6-8-17(18)21(29)28(20)16-12-10-15(24)11-13-16/h6-13,19H,5,14H2,1-4H3. The molecule has 1 heterocycles. The molecule has 0 aliphatic carbocycles. The van der Waals surface area contributed by atoms with Gasteiger partial charge in [-0.25, -0.2) is 4.98 Å². The molecule has 0 fully saturated rings. The zero-order valence-electron chi connectivity index (χ0n) is 17.5. The van der Waals surface area contributed by atoms with Crippen LogP contribution in [0.25, 0.3) is 16.6 Å². The van der Waals surface area contributed by atoms with Gasteiger partial charge in [0.25, 0.3) is 5.56 Å². The topological polar surface area (TPSA) is 55.2 Å². The van der Waals surface area contributed by atoms with Crippen LogP contribution in [0.2, 0.25) is 0 Å². The Kier molecular flexibility index (Phi) is 6.68. The molecule has 1 amide bonds. The average molecular weight is 491 g/mol. The summed E-state index contributed by atoms with van der Waals surface area (Å²) in [6, 6.07) is 14.4. The van der Waals surface area contributed by atoms with Crippen LogP contribution in [-0.4, -0.2) is 33.3 Å². The van der Waals surface area contributed by atoms with E-state index in [1.54, 1.807) is 22.6 Å². The minimum Gasteiger partial charge on any atom is -0.335 e. The Morgan fingerprint density at radius 1 is 1.20 bits per heavy atom. The highest BCUT2D eigenvalue weighted by Crippen LogP contribution is 2.30. The maximum atomic E-state index is 13.5. The average Bonchev–Trinajstić information content (AvgIpc) is 2.74. The van der Waals surface area contributed by atoms with E-state index in [-0.39, 0.29) is 23.4 Å². The molecule has 5 nitrogen and oxygen atoms in total. The predicted octanol–water partition coefficient (Wildman–Crippen LogP) is 5.32.